The van der Waals surface area contributed by atoms with Gasteiger partial charge in [-0.25, -0.2) is 4.79 Å². The van der Waals surface area contributed by atoms with E-state index in [-0.39, 0.29) is 6.03 Å². The van der Waals surface area contributed by atoms with E-state index in [2.05, 4.69) is 5.32 Å². The molecular formula is C16H16N2O. The minimum Gasteiger partial charge on any atom is -0.335 e. The van der Waals surface area contributed by atoms with Crippen molar-refractivity contribution in [1.29, 1.82) is 0 Å². The van der Waals surface area contributed by atoms with Crippen LogP contribution < -0.4 is 10.2 Å². The minimum absolute atomic E-state index is 0.0556. The summed E-state index contributed by atoms with van der Waals surface area (Å²) in [6.07, 6.45) is 2.17. The molecule has 0 saturated heterocycles. The molecule has 1 N–H and O–H groups in total. The predicted molar refractivity (Wildman–Crippen MR) is 76.6 cm³/mol. The fourth-order valence-corrected chi connectivity index (χ4v) is 2.00. The zero-order chi connectivity index (χ0) is 13.1. The van der Waals surface area contributed by atoms with Gasteiger partial charge in [0.25, 0.3) is 0 Å². The number of rotatable bonds is 3. The molecule has 0 aliphatic heterocycles. The van der Waals surface area contributed by atoms with Crippen molar-refractivity contribution in [3.8, 4) is 0 Å². The first-order chi connectivity index (χ1) is 9.34. The summed E-state index contributed by atoms with van der Waals surface area (Å²) in [6, 6.07) is 19.7. The Bertz CT molecular complexity index is 510. The normalized spacial score (nSPS) is 13.9. The predicted octanol–water partition coefficient (Wildman–Crippen LogP) is 3.70. The number of nitrogens with one attached hydrogen (secondary N) is 1. The molecule has 1 saturated carbocycles. The lowest BCUT2D eigenvalue weighted by molar-refractivity contribution is 0.248. The maximum Gasteiger partial charge on any atom is 0.326 e. The number of urea groups is 1. The largest absolute Gasteiger partial charge is 0.335 e. The average Bonchev–Trinajstić information content (AvgIpc) is 3.25. The van der Waals surface area contributed by atoms with Crippen LogP contribution in [-0.2, 0) is 0 Å². The van der Waals surface area contributed by atoms with E-state index in [1.807, 2.05) is 60.7 Å². The van der Waals surface area contributed by atoms with E-state index in [1.54, 1.807) is 4.90 Å². The van der Waals surface area contributed by atoms with Crippen molar-refractivity contribution in [3.63, 3.8) is 0 Å². The standard InChI is InChI=1S/C16H16N2O/c19-16(17-13-11-12-13)18(14-7-3-1-4-8-14)15-9-5-2-6-10-15/h1-10,13H,11-12H2,(H,17,19). The molecular weight excluding hydrogens is 236 g/mol. The summed E-state index contributed by atoms with van der Waals surface area (Å²) >= 11 is 0. The second-order valence-corrected chi connectivity index (χ2v) is 4.73. The summed E-state index contributed by atoms with van der Waals surface area (Å²) < 4.78 is 0. The van der Waals surface area contributed by atoms with Crippen molar-refractivity contribution in [1.82, 2.24) is 5.32 Å². The number of carbonyl (C=O) groups excluding carboxylic acids is 1. The highest BCUT2D eigenvalue weighted by atomic mass is 16.2. The number of hydrogen-bond acceptors (Lipinski definition) is 1. The van der Waals surface area contributed by atoms with E-state index >= 15 is 0 Å². The van der Waals surface area contributed by atoms with Gasteiger partial charge in [-0.15, -0.1) is 0 Å². The SMILES string of the molecule is O=C(NC1CC1)N(c1ccccc1)c1ccccc1. The molecule has 0 heterocycles. The Morgan fingerprint density at radius 3 is 1.79 bits per heavy atom. The first-order valence-electron chi connectivity index (χ1n) is 6.55. The van der Waals surface area contributed by atoms with Crippen molar-refractivity contribution >= 4 is 17.4 Å². The van der Waals surface area contributed by atoms with Gasteiger partial charge in [-0.2, -0.15) is 0 Å². The van der Waals surface area contributed by atoms with Crippen LogP contribution in [-0.4, -0.2) is 12.1 Å². The van der Waals surface area contributed by atoms with Crippen molar-refractivity contribution in [2.75, 3.05) is 4.90 Å². The molecule has 2 amide bonds. The quantitative estimate of drug-likeness (QED) is 0.887. The van der Waals surface area contributed by atoms with Crippen molar-refractivity contribution in [3.05, 3.63) is 60.7 Å². The highest BCUT2D eigenvalue weighted by molar-refractivity contribution is 5.99. The summed E-state index contributed by atoms with van der Waals surface area (Å²) in [4.78, 5) is 14.1. The maximum atomic E-state index is 12.4. The molecule has 0 unspecified atom stereocenters. The van der Waals surface area contributed by atoms with E-state index in [0.717, 1.165) is 24.2 Å². The topological polar surface area (TPSA) is 32.3 Å². The van der Waals surface area contributed by atoms with Gasteiger partial charge in [-0.05, 0) is 37.1 Å². The van der Waals surface area contributed by atoms with Crippen LogP contribution in [0, 0.1) is 0 Å². The van der Waals surface area contributed by atoms with Crippen LogP contribution in [0.3, 0.4) is 0 Å². The summed E-state index contributed by atoms with van der Waals surface area (Å²) in [5.41, 5.74) is 1.76. The number of hydrogen-bond donors (Lipinski definition) is 1. The van der Waals surface area contributed by atoms with Crippen LogP contribution in [0.25, 0.3) is 0 Å². The van der Waals surface area contributed by atoms with Crippen molar-refractivity contribution in [2.45, 2.75) is 18.9 Å². The third-order valence-electron chi connectivity index (χ3n) is 3.14. The number of para-hydroxylation sites is 2. The Balaban J connectivity index is 1.93. The first kappa shape index (κ1) is 11.8. The molecule has 2 aromatic rings. The van der Waals surface area contributed by atoms with Gasteiger partial charge in [0.15, 0.2) is 0 Å². The molecule has 2 aromatic carbocycles. The Morgan fingerprint density at radius 2 is 1.37 bits per heavy atom. The van der Waals surface area contributed by atoms with Crippen LogP contribution >= 0.6 is 0 Å². The summed E-state index contributed by atoms with van der Waals surface area (Å²) in [7, 11) is 0. The van der Waals surface area contributed by atoms with Gasteiger partial charge in [0.05, 0.1) is 11.4 Å². The Kier molecular flexibility index (Phi) is 3.19. The van der Waals surface area contributed by atoms with E-state index < -0.39 is 0 Å². The second-order valence-electron chi connectivity index (χ2n) is 4.73. The van der Waals surface area contributed by atoms with Gasteiger partial charge in [0.1, 0.15) is 0 Å². The van der Waals surface area contributed by atoms with Crippen LogP contribution in [0.4, 0.5) is 16.2 Å². The summed E-state index contributed by atoms with van der Waals surface area (Å²) in [5, 5.41) is 3.04. The lowest BCUT2D eigenvalue weighted by Gasteiger charge is -2.23. The van der Waals surface area contributed by atoms with Gasteiger partial charge < -0.3 is 5.32 Å². The van der Waals surface area contributed by atoms with Gasteiger partial charge in [0.2, 0.25) is 0 Å². The lowest BCUT2D eigenvalue weighted by atomic mass is 10.2. The zero-order valence-electron chi connectivity index (χ0n) is 10.6. The van der Waals surface area contributed by atoms with Crippen LogP contribution in [0.15, 0.2) is 60.7 Å². The van der Waals surface area contributed by atoms with E-state index in [0.29, 0.717) is 6.04 Å². The number of anilines is 2. The Hall–Kier alpha value is -2.29. The molecule has 0 aromatic heterocycles. The lowest BCUT2D eigenvalue weighted by Crippen LogP contribution is -2.38. The first-order valence-corrected chi connectivity index (χ1v) is 6.55. The van der Waals surface area contributed by atoms with Gasteiger partial charge in [0, 0.05) is 6.04 Å². The fourth-order valence-electron chi connectivity index (χ4n) is 2.00. The number of carbonyl (C=O) groups is 1. The van der Waals surface area contributed by atoms with Gasteiger partial charge in [-0.3, -0.25) is 4.90 Å². The third kappa shape index (κ3) is 2.76. The molecule has 3 heteroatoms. The Labute approximate surface area is 112 Å². The second kappa shape index (κ2) is 5.14. The molecule has 0 atom stereocenters. The van der Waals surface area contributed by atoms with Gasteiger partial charge >= 0.3 is 6.03 Å². The van der Waals surface area contributed by atoms with Crippen LogP contribution in [0.5, 0.6) is 0 Å². The molecule has 0 bridgehead atoms. The molecule has 1 aliphatic carbocycles. The van der Waals surface area contributed by atoms with Crippen LogP contribution in [0.2, 0.25) is 0 Å². The molecule has 3 nitrogen and oxygen atoms in total. The molecule has 0 spiro atoms. The highest BCUT2D eigenvalue weighted by Crippen LogP contribution is 2.26. The fraction of sp³-hybridized carbons (Fsp3) is 0.188. The smallest absolute Gasteiger partial charge is 0.326 e. The maximum absolute atomic E-state index is 12.4. The van der Waals surface area contributed by atoms with Crippen molar-refractivity contribution < 1.29 is 4.79 Å². The summed E-state index contributed by atoms with van der Waals surface area (Å²) in [6.45, 7) is 0. The average molecular weight is 252 g/mol. The van der Waals surface area contributed by atoms with E-state index in [1.165, 1.54) is 0 Å². The third-order valence-corrected chi connectivity index (χ3v) is 3.14. The monoisotopic (exact) mass is 252 g/mol. The summed E-state index contributed by atoms with van der Waals surface area (Å²) in [5.74, 6) is 0. The molecule has 3 rings (SSSR count). The number of nitrogens with zero attached hydrogens (tertiary/aromatic N) is 1. The van der Waals surface area contributed by atoms with E-state index in [9.17, 15) is 4.79 Å². The molecule has 19 heavy (non-hydrogen) atoms. The minimum atomic E-state index is -0.0556. The molecule has 1 fully saturated rings. The number of benzene rings is 2. The number of amides is 2. The molecule has 0 radical (unpaired) electrons. The molecule has 96 valence electrons. The highest BCUT2D eigenvalue weighted by Gasteiger charge is 2.27. The Morgan fingerprint density at radius 1 is 0.895 bits per heavy atom. The zero-order valence-corrected chi connectivity index (χ0v) is 10.6. The van der Waals surface area contributed by atoms with Gasteiger partial charge in [-0.1, -0.05) is 36.4 Å². The molecule has 1 aliphatic rings. The van der Waals surface area contributed by atoms with E-state index in [4.69, 9.17) is 0 Å². The van der Waals surface area contributed by atoms with Crippen LogP contribution in [0.1, 0.15) is 12.8 Å². The van der Waals surface area contributed by atoms with Crippen molar-refractivity contribution in [2.24, 2.45) is 0 Å².